The Labute approximate surface area is 56.5 Å². The van der Waals surface area contributed by atoms with Gasteiger partial charge in [0, 0.05) is 0 Å². The number of carbonyl (C=O) groups excluding carboxylic acids is 2. The first-order chi connectivity index (χ1) is 4.20. The first kappa shape index (κ1) is 6.48. The number of nitrogens with zero attached hydrogens (tertiary/aromatic N) is 1. The number of carbonyl (C=O) groups is 2. The Balaban J connectivity index is 2.76. The van der Waals surface area contributed by atoms with Crippen molar-refractivity contribution in [2.24, 2.45) is 4.99 Å². The van der Waals surface area contributed by atoms with Crippen molar-refractivity contribution in [2.75, 3.05) is 0 Å². The van der Waals surface area contributed by atoms with Gasteiger partial charge in [0.1, 0.15) is 0 Å². The van der Waals surface area contributed by atoms with E-state index in [9.17, 15) is 9.59 Å². The van der Waals surface area contributed by atoms with Crippen LogP contribution in [0.2, 0.25) is 0 Å². The molecule has 1 aliphatic heterocycles. The van der Waals surface area contributed by atoms with Crippen LogP contribution in [0.5, 0.6) is 0 Å². The number of hydrogen-bond donors (Lipinski definition) is 0. The molecule has 1 amide bonds. The number of aliphatic imine (C=N–C) groups is 1. The quantitative estimate of drug-likeness (QED) is 0.488. The molecule has 1 rings (SSSR count). The van der Waals surface area contributed by atoms with Crippen molar-refractivity contribution in [3.05, 3.63) is 0 Å². The van der Waals surface area contributed by atoms with Crippen molar-refractivity contribution in [1.82, 2.24) is 0 Å². The van der Waals surface area contributed by atoms with Crippen LogP contribution < -0.4 is 0 Å². The third-order valence-electron chi connectivity index (χ3n) is 0.938. The number of thioether (sulfide) groups is 1. The molecule has 0 bridgehead atoms. The largest absolute Gasteiger partial charge is 0.280 e. The van der Waals surface area contributed by atoms with E-state index in [2.05, 4.69) is 4.99 Å². The minimum absolute atomic E-state index is 0.137. The lowest BCUT2D eigenvalue weighted by molar-refractivity contribution is -0.117. The lowest BCUT2D eigenvalue weighted by Gasteiger charge is -2.06. The van der Waals surface area contributed by atoms with Gasteiger partial charge < -0.3 is 0 Å². The van der Waals surface area contributed by atoms with Gasteiger partial charge in [-0.3, -0.25) is 9.59 Å². The van der Waals surface area contributed by atoms with E-state index in [-0.39, 0.29) is 16.3 Å². The Kier molecular flexibility index (Phi) is 1.66. The first-order valence-electron chi connectivity index (χ1n) is 2.48. The first-order valence-corrected chi connectivity index (χ1v) is 3.36. The summed E-state index contributed by atoms with van der Waals surface area (Å²) in [7, 11) is 0. The van der Waals surface area contributed by atoms with E-state index in [4.69, 9.17) is 0 Å². The van der Waals surface area contributed by atoms with Crippen LogP contribution in [0.25, 0.3) is 0 Å². The Bertz CT molecular complexity index is 187. The van der Waals surface area contributed by atoms with Gasteiger partial charge in [-0.25, -0.2) is 4.99 Å². The number of hydrogen-bond acceptors (Lipinski definition) is 3. The second-order valence-corrected chi connectivity index (χ2v) is 3.02. The number of rotatable bonds is 0. The molecule has 0 N–H and O–H groups in total. The molecule has 0 saturated heterocycles. The summed E-state index contributed by atoms with van der Waals surface area (Å²) in [6, 6.07) is 0. The van der Waals surface area contributed by atoms with E-state index >= 15 is 0 Å². The van der Waals surface area contributed by atoms with Gasteiger partial charge >= 0.3 is 0 Å². The summed E-state index contributed by atoms with van der Waals surface area (Å²) in [6.45, 7) is 1.67. The molecule has 1 unspecified atom stereocenters. The zero-order valence-corrected chi connectivity index (χ0v) is 5.64. The lowest BCUT2D eigenvalue weighted by Crippen LogP contribution is -2.19. The average molecular weight is 143 g/mol. The summed E-state index contributed by atoms with van der Waals surface area (Å²) >= 11 is 1.01. The highest BCUT2D eigenvalue weighted by Gasteiger charge is 2.19. The molecule has 1 atom stereocenters. The fourth-order valence-electron chi connectivity index (χ4n) is 0.476. The average Bonchev–Trinajstić information content (AvgIpc) is 1.80. The molecule has 0 aliphatic carbocycles. The predicted molar refractivity (Wildman–Crippen MR) is 35.6 cm³/mol. The third kappa shape index (κ3) is 1.38. The molecule has 9 heavy (non-hydrogen) atoms. The smallest absolute Gasteiger partial charge is 0.259 e. The number of amides is 1. The molecule has 0 fully saturated rings. The maximum atomic E-state index is 10.6. The lowest BCUT2D eigenvalue weighted by atomic mass is 10.4. The molecule has 3 nitrogen and oxygen atoms in total. The van der Waals surface area contributed by atoms with E-state index in [0.717, 1.165) is 18.0 Å². The molecule has 0 aromatic rings. The molecule has 0 saturated carbocycles. The topological polar surface area (TPSA) is 46.5 Å². The molecule has 1 aliphatic rings. The fourth-order valence-corrected chi connectivity index (χ4v) is 1.10. The summed E-state index contributed by atoms with van der Waals surface area (Å²) in [6.07, 6.45) is 1.06. The highest BCUT2D eigenvalue weighted by atomic mass is 32.2. The van der Waals surface area contributed by atoms with Gasteiger partial charge in [-0.1, -0.05) is 11.8 Å². The third-order valence-corrected chi connectivity index (χ3v) is 1.83. The minimum atomic E-state index is -0.289. The van der Waals surface area contributed by atoms with Crippen molar-refractivity contribution < 1.29 is 9.59 Å². The van der Waals surface area contributed by atoms with Gasteiger partial charge in [0.25, 0.3) is 5.91 Å². The monoisotopic (exact) mass is 143 g/mol. The van der Waals surface area contributed by atoms with Crippen molar-refractivity contribution >= 4 is 29.0 Å². The zero-order valence-electron chi connectivity index (χ0n) is 4.83. The predicted octanol–water partition coefficient (Wildman–Crippen LogP) is 0.246. The maximum Gasteiger partial charge on any atom is 0.259 e. The highest BCUT2D eigenvalue weighted by Crippen LogP contribution is 2.15. The van der Waals surface area contributed by atoms with Gasteiger partial charge in [-0.05, 0) is 6.92 Å². The molecule has 0 aromatic heterocycles. The Morgan fingerprint density at radius 3 is 2.78 bits per heavy atom. The van der Waals surface area contributed by atoms with Gasteiger partial charge in [0.2, 0.25) is 5.12 Å². The van der Waals surface area contributed by atoms with E-state index in [1.807, 2.05) is 0 Å². The highest BCUT2D eigenvalue weighted by molar-refractivity contribution is 8.16. The summed E-state index contributed by atoms with van der Waals surface area (Å²) in [5.74, 6) is -0.223. The van der Waals surface area contributed by atoms with Crippen molar-refractivity contribution in [3.63, 3.8) is 0 Å². The van der Waals surface area contributed by atoms with Crippen LogP contribution in [0.1, 0.15) is 6.92 Å². The second-order valence-electron chi connectivity index (χ2n) is 1.68. The van der Waals surface area contributed by atoms with Crippen molar-refractivity contribution in [3.8, 4) is 0 Å². The Hall–Kier alpha value is -0.640. The molecular weight excluding hydrogens is 138 g/mol. The van der Waals surface area contributed by atoms with E-state index in [1.165, 1.54) is 0 Å². The summed E-state index contributed by atoms with van der Waals surface area (Å²) in [5.41, 5.74) is 0. The second kappa shape index (κ2) is 2.31. The molecule has 0 spiro atoms. The van der Waals surface area contributed by atoms with E-state index in [1.54, 1.807) is 6.92 Å². The molecule has 0 aromatic carbocycles. The van der Waals surface area contributed by atoms with Crippen LogP contribution >= 0.6 is 11.8 Å². The van der Waals surface area contributed by atoms with Gasteiger partial charge in [0.05, 0.1) is 11.5 Å². The van der Waals surface area contributed by atoms with Crippen LogP contribution in [0.4, 0.5) is 0 Å². The van der Waals surface area contributed by atoms with Crippen LogP contribution in [0, 0.1) is 0 Å². The van der Waals surface area contributed by atoms with Crippen molar-refractivity contribution in [2.45, 2.75) is 12.2 Å². The molecule has 48 valence electrons. The maximum absolute atomic E-state index is 10.6. The van der Waals surface area contributed by atoms with E-state index < -0.39 is 0 Å². The van der Waals surface area contributed by atoms with Gasteiger partial charge in [0.15, 0.2) is 0 Å². The van der Waals surface area contributed by atoms with Gasteiger partial charge in [-0.2, -0.15) is 0 Å². The molecule has 4 heteroatoms. The Morgan fingerprint density at radius 2 is 2.33 bits per heavy atom. The fraction of sp³-hybridized carbons (Fsp3) is 0.400. The molecule has 1 heterocycles. The molecular formula is C5H5NO2S. The summed E-state index contributed by atoms with van der Waals surface area (Å²) in [4.78, 5) is 24.4. The minimum Gasteiger partial charge on any atom is -0.280 e. The van der Waals surface area contributed by atoms with E-state index in [0.29, 0.717) is 0 Å². The van der Waals surface area contributed by atoms with Crippen LogP contribution in [0.15, 0.2) is 4.99 Å². The van der Waals surface area contributed by atoms with Crippen LogP contribution in [-0.4, -0.2) is 22.5 Å². The van der Waals surface area contributed by atoms with Crippen LogP contribution in [0.3, 0.4) is 0 Å². The standard InChI is InChI=1S/C5H5NO2S/c1-3-5(8)6-2-4(7)9-3/h2-3H,1H3. The SMILES string of the molecule is CC1SC(=O)C=NC1=O. The zero-order chi connectivity index (χ0) is 6.85. The Morgan fingerprint density at radius 1 is 1.67 bits per heavy atom. The van der Waals surface area contributed by atoms with Crippen LogP contribution in [-0.2, 0) is 9.59 Å². The van der Waals surface area contributed by atoms with Gasteiger partial charge in [-0.15, -0.1) is 0 Å². The normalized spacial score (nSPS) is 27.0. The molecule has 0 radical (unpaired) electrons. The summed E-state index contributed by atoms with van der Waals surface area (Å²) in [5, 5.41) is -0.426. The van der Waals surface area contributed by atoms with Crippen molar-refractivity contribution in [1.29, 1.82) is 0 Å². The summed E-state index contributed by atoms with van der Waals surface area (Å²) < 4.78 is 0.